The van der Waals surface area contributed by atoms with Crippen LogP contribution in [0.15, 0.2) is 33.4 Å². The summed E-state index contributed by atoms with van der Waals surface area (Å²) < 4.78 is 16.5. The van der Waals surface area contributed by atoms with Crippen LogP contribution in [0.3, 0.4) is 0 Å². The second-order valence-electron chi connectivity index (χ2n) is 7.60. The van der Waals surface area contributed by atoms with Gasteiger partial charge >= 0.3 is 0 Å². The molecule has 3 heterocycles. The third-order valence-electron chi connectivity index (χ3n) is 5.36. The summed E-state index contributed by atoms with van der Waals surface area (Å²) in [6.45, 7) is 9.29. The van der Waals surface area contributed by atoms with Gasteiger partial charge in [0.2, 0.25) is 5.76 Å². The maximum atomic E-state index is 12.5. The van der Waals surface area contributed by atoms with Crippen LogP contribution in [-0.4, -0.2) is 47.4 Å². The zero-order valence-corrected chi connectivity index (χ0v) is 17.5. The van der Waals surface area contributed by atoms with E-state index < -0.39 is 0 Å². The van der Waals surface area contributed by atoms with Crippen LogP contribution in [0.1, 0.15) is 40.4 Å². The highest BCUT2D eigenvalue weighted by molar-refractivity contribution is 6.03. The van der Waals surface area contributed by atoms with E-state index in [1.807, 2.05) is 32.0 Å². The number of amides is 1. The summed E-state index contributed by atoms with van der Waals surface area (Å²) in [6, 6.07) is 5.56. The van der Waals surface area contributed by atoms with E-state index in [9.17, 15) is 4.79 Å². The molecule has 0 atom stereocenters. The molecule has 1 amide bonds. The average molecular weight is 410 g/mol. The van der Waals surface area contributed by atoms with Crippen molar-refractivity contribution in [2.24, 2.45) is 0 Å². The third-order valence-corrected chi connectivity index (χ3v) is 5.36. The van der Waals surface area contributed by atoms with Gasteiger partial charge in [-0.3, -0.25) is 9.69 Å². The standard InChI is InChI=1S/C22H26N4O4/c1-14-13-23-30-21(14)22(27)24-17-6-7-19(28-11-10-26-8-4-5-9-26)18(12-17)20-15(2)25-29-16(20)3/h6-7,12-13H,4-5,8-11H2,1-3H3,(H,24,27). The topological polar surface area (TPSA) is 93.6 Å². The lowest BCUT2D eigenvalue weighted by molar-refractivity contribution is 0.0987. The molecule has 1 aliphatic rings. The Morgan fingerprint density at radius 3 is 2.67 bits per heavy atom. The summed E-state index contributed by atoms with van der Waals surface area (Å²) in [6.07, 6.45) is 4.02. The second kappa shape index (κ2) is 8.71. The van der Waals surface area contributed by atoms with Gasteiger partial charge in [-0.05, 0) is 64.9 Å². The molecule has 0 unspecified atom stereocenters. The second-order valence-corrected chi connectivity index (χ2v) is 7.60. The van der Waals surface area contributed by atoms with Gasteiger partial charge in [-0.25, -0.2) is 0 Å². The zero-order chi connectivity index (χ0) is 21.1. The number of aryl methyl sites for hydroxylation is 3. The predicted molar refractivity (Wildman–Crippen MR) is 112 cm³/mol. The van der Waals surface area contributed by atoms with Gasteiger partial charge in [-0.2, -0.15) is 0 Å². The third kappa shape index (κ3) is 4.23. The molecule has 158 valence electrons. The van der Waals surface area contributed by atoms with Crippen molar-refractivity contribution in [3.63, 3.8) is 0 Å². The highest BCUT2D eigenvalue weighted by Crippen LogP contribution is 2.37. The van der Waals surface area contributed by atoms with E-state index in [2.05, 4.69) is 20.5 Å². The minimum atomic E-state index is -0.350. The Bertz CT molecular complexity index is 1010. The van der Waals surface area contributed by atoms with Crippen LogP contribution in [0, 0.1) is 20.8 Å². The Balaban J connectivity index is 1.58. The lowest BCUT2D eigenvalue weighted by atomic mass is 10.0. The van der Waals surface area contributed by atoms with Crippen molar-refractivity contribution in [3.8, 4) is 16.9 Å². The fraction of sp³-hybridized carbons (Fsp3) is 0.409. The minimum absolute atomic E-state index is 0.194. The van der Waals surface area contributed by atoms with E-state index >= 15 is 0 Å². The fourth-order valence-corrected chi connectivity index (χ4v) is 3.78. The molecule has 1 N–H and O–H groups in total. The molecule has 2 aromatic heterocycles. The van der Waals surface area contributed by atoms with Gasteiger partial charge < -0.3 is 19.1 Å². The van der Waals surface area contributed by atoms with E-state index in [4.69, 9.17) is 13.8 Å². The number of aromatic nitrogens is 2. The van der Waals surface area contributed by atoms with Gasteiger partial charge in [-0.1, -0.05) is 10.3 Å². The normalized spacial score (nSPS) is 14.2. The van der Waals surface area contributed by atoms with E-state index in [1.165, 1.54) is 19.0 Å². The van der Waals surface area contributed by atoms with Crippen LogP contribution in [0.25, 0.3) is 11.1 Å². The molecule has 8 nitrogen and oxygen atoms in total. The molecule has 0 spiro atoms. The first-order valence-electron chi connectivity index (χ1n) is 10.2. The van der Waals surface area contributed by atoms with Crippen LogP contribution >= 0.6 is 0 Å². The molecule has 1 saturated heterocycles. The monoisotopic (exact) mass is 410 g/mol. The summed E-state index contributed by atoms with van der Waals surface area (Å²) in [4.78, 5) is 14.9. The molecule has 8 heteroatoms. The van der Waals surface area contributed by atoms with Crippen LogP contribution in [0.2, 0.25) is 0 Å². The van der Waals surface area contributed by atoms with Crippen LogP contribution in [0.5, 0.6) is 5.75 Å². The summed E-state index contributed by atoms with van der Waals surface area (Å²) in [5.74, 6) is 1.28. The van der Waals surface area contributed by atoms with E-state index in [-0.39, 0.29) is 11.7 Å². The van der Waals surface area contributed by atoms with Gasteiger partial charge in [0.1, 0.15) is 18.1 Å². The number of rotatable bonds is 7. The summed E-state index contributed by atoms with van der Waals surface area (Å²) >= 11 is 0. The molecule has 1 fully saturated rings. The number of benzene rings is 1. The lowest BCUT2D eigenvalue weighted by Crippen LogP contribution is -2.25. The van der Waals surface area contributed by atoms with Gasteiger partial charge in [0.25, 0.3) is 5.91 Å². The van der Waals surface area contributed by atoms with Crippen LogP contribution in [0.4, 0.5) is 5.69 Å². The molecule has 1 aromatic carbocycles. The number of carbonyl (C=O) groups is 1. The van der Waals surface area contributed by atoms with Crippen molar-refractivity contribution in [1.29, 1.82) is 0 Å². The van der Waals surface area contributed by atoms with Crippen molar-refractivity contribution in [1.82, 2.24) is 15.2 Å². The number of likely N-dealkylation sites (tertiary alicyclic amines) is 1. The highest BCUT2D eigenvalue weighted by Gasteiger charge is 2.20. The molecule has 0 bridgehead atoms. The first-order chi connectivity index (χ1) is 14.5. The van der Waals surface area contributed by atoms with Crippen molar-refractivity contribution < 1.29 is 18.6 Å². The Morgan fingerprint density at radius 2 is 2.00 bits per heavy atom. The number of ether oxygens (including phenoxy) is 1. The number of nitrogens with one attached hydrogen (secondary N) is 1. The van der Waals surface area contributed by atoms with Crippen molar-refractivity contribution in [2.45, 2.75) is 33.6 Å². The van der Waals surface area contributed by atoms with Gasteiger partial charge in [0, 0.05) is 23.4 Å². The van der Waals surface area contributed by atoms with E-state index in [1.54, 1.807) is 6.92 Å². The average Bonchev–Trinajstić information content (AvgIpc) is 3.45. The maximum absolute atomic E-state index is 12.5. The van der Waals surface area contributed by atoms with E-state index in [0.717, 1.165) is 42.2 Å². The fourth-order valence-electron chi connectivity index (χ4n) is 3.78. The summed E-state index contributed by atoms with van der Waals surface area (Å²) in [5.41, 5.74) is 3.78. The van der Waals surface area contributed by atoms with Crippen molar-refractivity contribution in [2.75, 3.05) is 31.6 Å². The van der Waals surface area contributed by atoms with Crippen molar-refractivity contribution >= 4 is 11.6 Å². The van der Waals surface area contributed by atoms with Gasteiger partial charge in [0.15, 0.2) is 0 Å². The molecule has 0 aliphatic carbocycles. The molecular formula is C22H26N4O4. The number of anilines is 1. The predicted octanol–water partition coefficient (Wildman–Crippen LogP) is 3.98. The lowest BCUT2D eigenvalue weighted by Gasteiger charge is -2.17. The van der Waals surface area contributed by atoms with Gasteiger partial charge in [-0.15, -0.1) is 0 Å². The van der Waals surface area contributed by atoms with Gasteiger partial charge in [0.05, 0.1) is 17.5 Å². The zero-order valence-electron chi connectivity index (χ0n) is 17.5. The summed E-state index contributed by atoms with van der Waals surface area (Å²) in [5, 5.41) is 10.6. The Kier molecular flexibility index (Phi) is 5.85. The minimum Gasteiger partial charge on any atom is -0.492 e. The van der Waals surface area contributed by atoms with E-state index in [0.29, 0.717) is 23.6 Å². The number of carbonyl (C=O) groups excluding carboxylic acids is 1. The first-order valence-corrected chi connectivity index (χ1v) is 10.2. The Hall–Kier alpha value is -3.13. The first kappa shape index (κ1) is 20.2. The quantitative estimate of drug-likeness (QED) is 0.629. The number of hydrogen-bond donors (Lipinski definition) is 1. The molecule has 1 aliphatic heterocycles. The number of nitrogens with zero attached hydrogens (tertiary/aromatic N) is 3. The molecule has 0 radical (unpaired) electrons. The largest absolute Gasteiger partial charge is 0.492 e. The summed E-state index contributed by atoms with van der Waals surface area (Å²) in [7, 11) is 0. The Morgan fingerprint density at radius 1 is 1.20 bits per heavy atom. The molecule has 4 rings (SSSR count). The Labute approximate surface area is 175 Å². The van der Waals surface area contributed by atoms with Crippen LogP contribution in [-0.2, 0) is 0 Å². The molecule has 30 heavy (non-hydrogen) atoms. The SMILES string of the molecule is Cc1cnoc1C(=O)Nc1ccc(OCCN2CCCC2)c(-c2c(C)noc2C)c1. The number of hydrogen-bond acceptors (Lipinski definition) is 7. The van der Waals surface area contributed by atoms with Crippen molar-refractivity contribution in [3.05, 3.63) is 47.2 Å². The maximum Gasteiger partial charge on any atom is 0.294 e. The smallest absolute Gasteiger partial charge is 0.294 e. The molecule has 0 saturated carbocycles. The molecule has 3 aromatic rings. The van der Waals surface area contributed by atoms with Crippen LogP contribution < -0.4 is 10.1 Å². The molecular weight excluding hydrogens is 384 g/mol. The highest BCUT2D eigenvalue weighted by atomic mass is 16.5.